The fourth-order valence-electron chi connectivity index (χ4n) is 2.86. The number of anilines is 1. The predicted octanol–water partition coefficient (Wildman–Crippen LogP) is 3.36. The highest BCUT2D eigenvalue weighted by Gasteiger charge is 2.25. The molecule has 2 rings (SSSR count). The summed E-state index contributed by atoms with van der Waals surface area (Å²) in [5.74, 6) is -0.156. The van der Waals surface area contributed by atoms with E-state index in [0.29, 0.717) is 16.7 Å². The van der Waals surface area contributed by atoms with Gasteiger partial charge in [-0.2, -0.15) is 0 Å². The Balaban J connectivity index is 2.06. The maximum absolute atomic E-state index is 11.5. The van der Waals surface area contributed by atoms with Gasteiger partial charge in [-0.1, -0.05) is 20.8 Å². The number of hydrogen-bond acceptors (Lipinski definition) is 5. The molecule has 1 heterocycles. The van der Waals surface area contributed by atoms with Crippen molar-refractivity contribution >= 4 is 17.2 Å². The second kappa shape index (κ2) is 7.30. The molecule has 24 heavy (non-hydrogen) atoms. The van der Waals surface area contributed by atoms with Crippen LogP contribution in [0.25, 0.3) is 0 Å². The standard InChI is InChI=1S/C18H27N3O3/c1-14(22)15-5-6-16(17(13-15)21(23)24)20-11-9-19(10-12-20)8-7-18(2,3)4/h5-6,13H,7-12H2,1-4H3. The van der Waals surface area contributed by atoms with Crippen LogP contribution in [0.15, 0.2) is 18.2 Å². The van der Waals surface area contributed by atoms with Gasteiger partial charge in [0.25, 0.3) is 5.69 Å². The summed E-state index contributed by atoms with van der Waals surface area (Å²) < 4.78 is 0. The minimum atomic E-state index is -0.395. The van der Waals surface area contributed by atoms with Crippen LogP contribution in [0.1, 0.15) is 44.5 Å². The molecule has 0 unspecified atom stereocenters. The number of Topliss-reactive ketones (excluding diaryl/α,β-unsaturated/α-hetero) is 1. The van der Waals surface area contributed by atoms with E-state index in [1.54, 1.807) is 12.1 Å². The molecule has 0 aliphatic carbocycles. The molecule has 0 radical (unpaired) electrons. The summed E-state index contributed by atoms with van der Waals surface area (Å²) in [6, 6.07) is 4.78. The zero-order valence-corrected chi connectivity index (χ0v) is 15.0. The van der Waals surface area contributed by atoms with Crippen LogP contribution < -0.4 is 4.90 Å². The minimum Gasteiger partial charge on any atom is -0.363 e. The smallest absolute Gasteiger partial charge is 0.293 e. The largest absolute Gasteiger partial charge is 0.363 e. The Hall–Kier alpha value is -1.95. The van der Waals surface area contributed by atoms with Crippen molar-refractivity contribution in [1.82, 2.24) is 4.90 Å². The average Bonchev–Trinajstić information content (AvgIpc) is 2.52. The normalized spacial score (nSPS) is 16.2. The Bertz CT molecular complexity index is 614. The van der Waals surface area contributed by atoms with Crippen molar-refractivity contribution in [2.75, 3.05) is 37.6 Å². The fourth-order valence-corrected chi connectivity index (χ4v) is 2.86. The molecule has 0 atom stereocenters. The van der Waals surface area contributed by atoms with Crippen molar-refractivity contribution in [2.24, 2.45) is 5.41 Å². The molecule has 0 saturated carbocycles. The van der Waals surface area contributed by atoms with Gasteiger partial charge in [0.1, 0.15) is 5.69 Å². The summed E-state index contributed by atoms with van der Waals surface area (Å²) in [7, 11) is 0. The van der Waals surface area contributed by atoms with Crippen LogP contribution in [0.2, 0.25) is 0 Å². The van der Waals surface area contributed by atoms with Crippen molar-refractivity contribution < 1.29 is 9.72 Å². The van der Waals surface area contributed by atoms with Crippen LogP contribution in [0.5, 0.6) is 0 Å². The molecule has 1 aliphatic rings. The van der Waals surface area contributed by atoms with E-state index in [2.05, 4.69) is 30.6 Å². The van der Waals surface area contributed by atoms with Crippen LogP contribution in [0.3, 0.4) is 0 Å². The lowest BCUT2D eigenvalue weighted by atomic mass is 9.92. The Morgan fingerprint density at radius 2 is 1.83 bits per heavy atom. The second-order valence-electron chi connectivity index (χ2n) is 7.66. The Kier molecular flexibility index (Phi) is 5.59. The molecule has 132 valence electrons. The zero-order valence-electron chi connectivity index (χ0n) is 15.0. The Morgan fingerprint density at radius 3 is 2.33 bits per heavy atom. The molecule has 6 heteroatoms. The molecule has 1 aliphatic heterocycles. The van der Waals surface area contributed by atoms with E-state index in [-0.39, 0.29) is 11.5 Å². The third kappa shape index (κ3) is 4.77. The minimum absolute atomic E-state index is 0.0193. The number of nitro groups is 1. The molecule has 1 saturated heterocycles. The highest BCUT2D eigenvalue weighted by atomic mass is 16.6. The number of carbonyl (C=O) groups is 1. The number of piperazine rings is 1. The number of ketones is 1. The first-order valence-electron chi connectivity index (χ1n) is 8.44. The summed E-state index contributed by atoms with van der Waals surface area (Å²) >= 11 is 0. The number of benzene rings is 1. The van der Waals surface area contributed by atoms with Gasteiger partial charge in [-0.3, -0.25) is 19.8 Å². The van der Waals surface area contributed by atoms with Crippen molar-refractivity contribution in [3.05, 3.63) is 33.9 Å². The van der Waals surface area contributed by atoms with Gasteiger partial charge >= 0.3 is 0 Å². The van der Waals surface area contributed by atoms with E-state index in [9.17, 15) is 14.9 Å². The molecule has 0 amide bonds. The van der Waals surface area contributed by atoms with E-state index in [1.165, 1.54) is 13.0 Å². The predicted molar refractivity (Wildman–Crippen MR) is 95.8 cm³/mol. The van der Waals surface area contributed by atoms with Crippen LogP contribution >= 0.6 is 0 Å². The van der Waals surface area contributed by atoms with Crippen LogP contribution in [-0.2, 0) is 0 Å². The maximum Gasteiger partial charge on any atom is 0.293 e. The molecule has 0 bridgehead atoms. The van der Waals surface area contributed by atoms with E-state index in [4.69, 9.17) is 0 Å². The average molecular weight is 333 g/mol. The first-order valence-corrected chi connectivity index (χ1v) is 8.44. The van der Waals surface area contributed by atoms with Crippen molar-refractivity contribution in [3.8, 4) is 0 Å². The molecular weight excluding hydrogens is 306 g/mol. The van der Waals surface area contributed by atoms with Gasteiger partial charge in [-0.25, -0.2) is 0 Å². The summed E-state index contributed by atoms with van der Waals surface area (Å²) in [5, 5.41) is 11.4. The van der Waals surface area contributed by atoms with E-state index in [0.717, 1.165) is 39.1 Å². The molecule has 0 N–H and O–H groups in total. The number of carbonyl (C=O) groups excluding carboxylic acids is 1. The summed E-state index contributed by atoms with van der Waals surface area (Å²) in [6.45, 7) is 12.5. The SMILES string of the molecule is CC(=O)c1ccc(N2CCN(CCC(C)(C)C)CC2)c([N+](=O)[O-])c1. The lowest BCUT2D eigenvalue weighted by molar-refractivity contribution is -0.384. The quantitative estimate of drug-likeness (QED) is 0.469. The van der Waals surface area contributed by atoms with E-state index < -0.39 is 4.92 Å². The lowest BCUT2D eigenvalue weighted by Gasteiger charge is -2.36. The second-order valence-corrected chi connectivity index (χ2v) is 7.66. The van der Waals surface area contributed by atoms with Gasteiger partial charge in [0.15, 0.2) is 5.78 Å². The molecule has 0 aromatic heterocycles. The molecule has 1 fully saturated rings. The molecule has 1 aromatic carbocycles. The third-order valence-corrected chi connectivity index (χ3v) is 4.47. The Morgan fingerprint density at radius 1 is 1.21 bits per heavy atom. The molecule has 0 spiro atoms. The third-order valence-electron chi connectivity index (χ3n) is 4.47. The van der Waals surface area contributed by atoms with Gasteiger partial charge in [0.05, 0.1) is 4.92 Å². The number of nitrogens with zero attached hydrogens (tertiary/aromatic N) is 3. The van der Waals surface area contributed by atoms with Crippen LogP contribution in [-0.4, -0.2) is 48.3 Å². The maximum atomic E-state index is 11.5. The first-order chi connectivity index (χ1) is 11.2. The monoisotopic (exact) mass is 333 g/mol. The van der Waals surface area contributed by atoms with Gasteiger partial charge in [0, 0.05) is 37.8 Å². The first kappa shape index (κ1) is 18.4. The van der Waals surface area contributed by atoms with Gasteiger partial charge in [-0.05, 0) is 37.4 Å². The van der Waals surface area contributed by atoms with E-state index in [1.807, 2.05) is 0 Å². The van der Waals surface area contributed by atoms with Crippen molar-refractivity contribution in [3.63, 3.8) is 0 Å². The van der Waals surface area contributed by atoms with E-state index >= 15 is 0 Å². The zero-order chi connectivity index (χ0) is 17.9. The summed E-state index contributed by atoms with van der Waals surface area (Å²) in [5.41, 5.74) is 1.33. The lowest BCUT2D eigenvalue weighted by Crippen LogP contribution is -2.47. The molecule has 6 nitrogen and oxygen atoms in total. The van der Waals surface area contributed by atoms with Crippen LogP contribution in [0.4, 0.5) is 11.4 Å². The number of rotatable bonds is 5. The summed E-state index contributed by atoms with van der Waals surface area (Å²) in [4.78, 5) is 26.9. The number of nitro benzene ring substituents is 1. The van der Waals surface area contributed by atoms with Crippen molar-refractivity contribution in [2.45, 2.75) is 34.1 Å². The Labute approximate surface area is 143 Å². The van der Waals surface area contributed by atoms with Gasteiger partial charge in [-0.15, -0.1) is 0 Å². The molecular formula is C18H27N3O3. The topological polar surface area (TPSA) is 66.7 Å². The fraction of sp³-hybridized carbons (Fsp3) is 0.611. The number of hydrogen-bond donors (Lipinski definition) is 0. The van der Waals surface area contributed by atoms with Crippen LogP contribution in [0, 0.1) is 15.5 Å². The van der Waals surface area contributed by atoms with Crippen molar-refractivity contribution in [1.29, 1.82) is 0 Å². The summed E-state index contributed by atoms with van der Waals surface area (Å²) in [6.07, 6.45) is 1.14. The van der Waals surface area contributed by atoms with Gasteiger partial charge < -0.3 is 4.90 Å². The highest BCUT2D eigenvalue weighted by molar-refractivity contribution is 5.95. The van der Waals surface area contributed by atoms with Gasteiger partial charge in [0.2, 0.25) is 0 Å². The highest BCUT2D eigenvalue weighted by Crippen LogP contribution is 2.30. The molecule has 1 aromatic rings.